The number of esters is 1. The van der Waals surface area contributed by atoms with Gasteiger partial charge in [-0.25, -0.2) is 4.79 Å². The maximum Gasteiger partial charge on any atom is 0.321 e. The van der Waals surface area contributed by atoms with Crippen molar-refractivity contribution in [2.75, 3.05) is 12.9 Å². The van der Waals surface area contributed by atoms with Crippen LogP contribution in [0.2, 0.25) is 0 Å². The lowest BCUT2D eigenvalue weighted by Gasteiger charge is -2.23. The number of ether oxygens (including phenoxy) is 1. The molecule has 0 radical (unpaired) electrons. The van der Waals surface area contributed by atoms with Crippen molar-refractivity contribution in [3.05, 3.63) is 82.8 Å². The van der Waals surface area contributed by atoms with Gasteiger partial charge in [0, 0.05) is 30.2 Å². The summed E-state index contributed by atoms with van der Waals surface area (Å²) in [5.41, 5.74) is 2.13. The van der Waals surface area contributed by atoms with E-state index in [2.05, 4.69) is 4.74 Å². The first kappa shape index (κ1) is 22.1. The van der Waals surface area contributed by atoms with Crippen molar-refractivity contribution in [2.24, 2.45) is 0 Å². The van der Waals surface area contributed by atoms with Gasteiger partial charge in [0.1, 0.15) is 0 Å². The summed E-state index contributed by atoms with van der Waals surface area (Å²) in [4.78, 5) is 42.1. The van der Waals surface area contributed by atoms with Crippen molar-refractivity contribution in [3.8, 4) is 0 Å². The molecule has 2 aliphatic rings. The topological polar surface area (TPSA) is 66.9 Å². The predicted octanol–water partition coefficient (Wildman–Crippen LogP) is 4.01. The van der Waals surface area contributed by atoms with Crippen molar-refractivity contribution >= 4 is 29.5 Å². The number of allylic oxidation sites excluding steroid dienone is 1. The van der Waals surface area contributed by atoms with Crippen LogP contribution in [0.3, 0.4) is 0 Å². The summed E-state index contributed by atoms with van der Waals surface area (Å²) in [7, 11) is 1.32. The molecule has 2 aromatic carbocycles. The molecule has 32 heavy (non-hydrogen) atoms. The maximum atomic E-state index is 13.5. The fraction of sp³-hybridized carbons (Fsp3) is 0.320. The van der Waals surface area contributed by atoms with Crippen LogP contribution < -0.4 is 0 Å². The van der Waals surface area contributed by atoms with Gasteiger partial charge in [-0.1, -0.05) is 60.7 Å². The van der Waals surface area contributed by atoms with Gasteiger partial charge in [0.25, 0.3) is 0 Å². The molecule has 2 heterocycles. The molecule has 0 N–H and O–H groups in total. The molecule has 2 saturated heterocycles. The summed E-state index contributed by atoms with van der Waals surface area (Å²) >= 11 is 1.62. The van der Waals surface area contributed by atoms with Crippen LogP contribution in [0.25, 0.3) is 0 Å². The average molecular weight is 451 g/mol. The number of nitrogens with zero attached hydrogens (tertiary/aromatic N) is 2. The van der Waals surface area contributed by atoms with Crippen LogP contribution >= 0.6 is 11.8 Å². The minimum absolute atomic E-state index is 0.00363. The zero-order valence-corrected chi connectivity index (χ0v) is 18.8. The van der Waals surface area contributed by atoms with E-state index >= 15 is 0 Å². The van der Waals surface area contributed by atoms with Gasteiger partial charge in [0.15, 0.2) is 5.78 Å². The Morgan fingerprint density at radius 2 is 1.56 bits per heavy atom. The van der Waals surface area contributed by atoms with E-state index in [1.54, 1.807) is 17.8 Å². The number of urea groups is 1. The van der Waals surface area contributed by atoms with Crippen LogP contribution in [-0.2, 0) is 27.4 Å². The SMILES string of the molecule is COC(=O)CCC(=O)C=C1SC[C@@H]2[C@H]1N(Cc1ccccc1)C(=O)N2Cc1ccccc1. The number of carbonyl (C=O) groups excluding carboxylic acids is 3. The smallest absolute Gasteiger partial charge is 0.321 e. The summed E-state index contributed by atoms with van der Waals surface area (Å²) in [5.74, 6) is 0.224. The first-order chi connectivity index (χ1) is 15.6. The molecule has 0 spiro atoms. The molecule has 6 nitrogen and oxygen atoms in total. The Balaban J connectivity index is 1.58. The third-order valence-electron chi connectivity index (χ3n) is 5.80. The van der Waals surface area contributed by atoms with Gasteiger partial charge in [-0.05, 0) is 17.2 Å². The van der Waals surface area contributed by atoms with Gasteiger partial charge < -0.3 is 14.5 Å². The molecule has 2 fully saturated rings. The second kappa shape index (κ2) is 10.0. The highest BCUT2D eigenvalue weighted by Gasteiger charge is 2.50. The fourth-order valence-electron chi connectivity index (χ4n) is 4.19. The van der Waals surface area contributed by atoms with Gasteiger partial charge in [-0.15, -0.1) is 11.8 Å². The Kier molecular flexibility index (Phi) is 6.95. The number of rotatable bonds is 8. The van der Waals surface area contributed by atoms with Crippen LogP contribution in [0, 0.1) is 0 Å². The van der Waals surface area contributed by atoms with E-state index in [0.717, 1.165) is 21.8 Å². The molecule has 4 rings (SSSR count). The number of carbonyl (C=O) groups is 3. The lowest BCUT2D eigenvalue weighted by atomic mass is 10.1. The van der Waals surface area contributed by atoms with Crippen molar-refractivity contribution in [1.29, 1.82) is 0 Å². The average Bonchev–Trinajstić information content (AvgIpc) is 3.33. The molecular weight excluding hydrogens is 424 g/mol. The largest absolute Gasteiger partial charge is 0.469 e. The van der Waals surface area contributed by atoms with Crippen LogP contribution in [0.15, 0.2) is 71.6 Å². The highest BCUT2D eigenvalue weighted by Crippen LogP contribution is 2.43. The molecule has 2 atom stereocenters. The molecular formula is C25H26N2O4S. The normalized spacial score (nSPS) is 21.2. The molecule has 7 heteroatoms. The number of thioether (sulfide) groups is 1. The summed E-state index contributed by atoms with van der Waals surface area (Å²) in [5, 5.41) is 0. The zero-order valence-electron chi connectivity index (χ0n) is 18.0. The lowest BCUT2D eigenvalue weighted by molar-refractivity contribution is -0.141. The standard InChI is InChI=1S/C25H26N2O4S/c1-31-23(29)13-12-20(28)14-22-24-21(17-32-22)26(15-18-8-4-2-5-9-18)25(30)27(24)16-19-10-6-3-7-11-19/h2-11,14,21,24H,12-13,15-17H2,1H3/t21-,24-/m1/s1. The minimum atomic E-state index is -0.399. The van der Waals surface area contributed by atoms with Gasteiger partial charge >= 0.3 is 12.0 Å². The van der Waals surface area contributed by atoms with Crippen LogP contribution in [-0.4, -0.2) is 52.5 Å². The first-order valence-corrected chi connectivity index (χ1v) is 11.6. The summed E-state index contributed by atoms with van der Waals surface area (Å²) < 4.78 is 4.63. The number of methoxy groups -OCH3 is 1. The third-order valence-corrected chi connectivity index (χ3v) is 7.00. The number of amides is 2. The van der Waals surface area contributed by atoms with Crippen LogP contribution in [0.1, 0.15) is 24.0 Å². The lowest BCUT2D eigenvalue weighted by Crippen LogP contribution is -2.35. The monoisotopic (exact) mass is 450 g/mol. The quantitative estimate of drug-likeness (QED) is 0.345. The summed E-state index contributed by atoms with van der Waals surface area (Å²) in [6.45, 7) is 1.02. The first-order valence-electron chi connectivity index (χ1n) is 10.7. The van der Waals surface area contributed by atoms with Gasteiger partial charge in [-0.2, -0.15) is 0 Å². The Labute approximate surface area is 192 Å². The number of hydrogen-bond donors (Lipinski definition) is 0. The van der Waals surface area contributed by atoms with Crippen LogP contribution in [0.5, 0.6) is 0 Å². The number of hydrogen-bond acceptors (Lipinski definition) is 5. The van der Waals surface area contributed by atoms with Crippen molar-refractivity contribution in [3.63, 3.8) is 0 Å². The number of ketones is 1. The Morgan fingerprint density at radius 3 is 2.16 bits per heavy atom. The number of fused-ring (bicyclic) bond motifs is 1. The molecule has 0 unspecified atom stereocenters. The van der Waals surface area contributed by atoms with Gasteiger partial charge in [-0.3, -0.25) is 9.59 Å². The molecule has 166 valence electrons. The van der Waals surface area contributed by atoms with E-state index in [1.165, 1.54) is 7.11 Å². The van der Waals surface area contributed by atoms with E-state index < -0.39 is 5.97 Å². The molecule has 2 amide bonds. The highest BCUT2D eigenvalue weighted by atomic mass is 32.2. The van der Waals surface area contributed by atoms with Gasteiger partial charge in [0.2, 0.25) is 0 Å². The Bertz CT molecular complexity index is 1010. The second-order valence-electron chi connectivity index (χ2n) is 7.92. The molecule has 0 aromatic heterocycles. The molecule has 0 saturated carbocycles. The van der Waals surface area contributed by atoms with E-state index in [-0.39, 0.29) is 36.7 Å². The zero-order chi connectivity index (χ0) is 22.5. The molecule has 2 aromatic rings. The summed E-state index contributed by atoms with van der Waals surface area (Å²) in [6, 6.07) is 19.7. The molecule has 0 aliphatic carbocycles. The molecule has 0 bridgehead atoms. The minimum Gasteiger partial charge on any atom is -0.469 e. The van der Waals surface area contributed by atoms with Gasteiger partial charge in [0.05, 0.1) is 25.6 Å². The second-order valence-corrected chi connectivity index (χ2v) is 9.02. The van der Waals surface area contributed by atoms with Crippen molar-refractivity contribution in [1.82, 2.24) is 9.80 Å². The Hall–Kier alpha value is -3.06. The summed E-state index contributed by atoms with van der Waals surface area (Å²) in [6.07, 6.45) is 1.79. The third kappa shape index (κ3) is 4.88. The Morgan fingerprint density at radius 1 is 0.969 bits per heavy atom. The predicted molar refractivity (Wildman–Crippen MR) is 124 cm³/mol. The van der Waals surface area contributed by atoms with Crippen LogP contribution in [0.4, 0.5) is 4.79 Å². The van der Waals surface area contributed by atoms with E-state index in [9.17, 15) is 14.4 Å². The van der Waals surface area contributed by atoms with Crippen molar-refractivity contribution in [2.45, 2.75) is 38.0 Å². The van der Waals surface area contributed by atoms with E-state index in [4.69, 9.17) is 0 Å². The fourth-order valence-corrected chi connectivity index (χ4v) is 5.59. The molecule has 2 aliphatic heterocycles. The van der Waals surface area contributed by atoms with E-state index in [1.807, 2.05) is 70.5 Å². The highest BCUT2D eigenvalue weighted by molar-refractivity contribution is 8.03. The number of benzene rings is 2. The maximum absolute atomic E-state index is 13.5. The van der Waals surface area contributed by atoms with Crippen molar-refractivity contribution < 1.29 is 19.1 Å². The van der Waals surface area contributed by atoms with E-state index in [0.29, 0.717) is 13.1 Å².